The fourth-order valence-corrected chi connectivity index (χ4v) is 0.956. The summed E-state index contributed by atoms with van der Waals surface area (Å²) in [7, 11) is 0. The van der Waals surface area contributed by atoms with Crippen molar-refractivity contribution in [3.63, 3.8) is 0 Å². The Labute approximate surface area is 83.6 Å². The highest BCUT2D eigenvalue weighted by Gasteiger charge is 2.19. The molecule has 1 amide bonds. The molecule has 82 valence electrons. The Bertz CT molecular complexity index is 205. The average Bonchev–Trinajstić information content (AvgIpc) is 2.13. The highest BCUT2D eigenvalue weighted by molar-refractivity contribution is 5.72. The normalized spacial score (nSPS) is 11.9. The molecule has 0 rings (SSSR count). The van der Waals surface area contributed by atoms with Crippen molar-refractivity contribution >= 4 is 12.1 Å². The Balaban J connectivity index is 4.14. The molecule has 0 fully saturated rings. The molecular formula is C9H17NO4. The standard InChI is InChI=1S/C9H17NO4/c1-4-10(9(13)14-5-2)6-7(3)8(11)12/h7H,4-6H2,1-3H3,(H,11,12). The van der Waals surface area contributed by atoms with E-state index in [4.69, 9.17) is 9.84 Å². The number of rotatable bonds is 5. The summed E-state index contributed by atoms with van der Waals surface area (Å²) in [6, 6.07) is 0. The molecule has 1 unspecified atom stereocenters. The summed E-state index contributed by atoms with van der Waals surface area (Å²) in [5.74, 6) is -1.48. The lowest BCUT2D eigenvalue weighted by molar-refractivity contribution is -0.141. The predicted octanol–water partition coefficient (Wildman–Crippen LogP) is 1.19. The zero-order valence-corrected chi connectivity index (χ0v) is 8.82. The van der Waals surface area contributed by atoms with Crippen molar-refractivity contribution in [1.82, 2.24) is 4.90 Å². The van der Waals surface area contributed by atoms with Crippen LogP contribution >= 0.6 is 0 Å². The van der Waals surface area contributed by atoms with E-state index >= 15 is 0 Å². The first-order valence-corrected chi connectivity index (χ1v) is 4.67. The molecule has 0 radical (unpaired) electrons. The van der Waals surface area contributed by atoms with E-state index in [0.29, 0.717) is 13.2 Å². The van der Waals surface area contributed by atoms with Crippen LogP contribution in [0.15, 0.2) is 0 Å². The number of amides is 1. The SMILES string of the molecule is CCOC(=O)N(CC)CC(C)C(=O)O. The molecule has 0 aromatic carbocycles. The van der Waals surface area contributed by atoms with Gasteiger partial charge in [0.25, 0.3) is 0 Å². The molecule has 0 heterocycles. The lowest BCUT2D eigenvalue weighted by Crippen LogP contribution is -2.37. The fourth-order valence-electron chi connectivity index (χ4n) is 0.956. The molecule has 0 saturated carbocycles. The number of hydrogen-bond acceptors (Lipinski definition) is 3. The van der Waals surface area contributed by atoms with Crippen molar-refractivity contribution in [3.05, 3.63) is 0 Å². The van der Waals surface area contributed by atoms with Gasteiger partial charge in [0.1, 0.15) is 0 Å². The molecule has 0 bridgehead atoms. The fraction of sp³-hybridized carbons (Fsp3) is 0.778. The summed E-state index contributed by atoms with van der Waals surface area (Å²) in [5.41, 5.74) is 0. The zero-order valence-electron chi connectivity index (χ0n) is 8.82. The van der Waals surface area contributed by atoms with Gasteiger partial charge in [0.15, 0.2) is 0 Å². The van der Waals surface area contributed by atoms with Crippen LogP contribution in [0, 0.1) is 5.92 Å². The number of carboxylic acids is 1. The second kappa shape index (κ2) is 6.23. The van der Waals surface area contributed by atoms with E-state index in [0.717, 1.165) is 0 Å². The molecular weight excluding hydrogens is 186 g/mol. The van der Waals surface area contributed by atoms with Gasteiger partial charge in [0, 0.05) is 13.1 Å². The van der Waals surface area contributed by atoms with Gasteiger partial charge in [-0.15, -0.1) is 0 Å². The number of carbonyl (C=O) groups excluding carboxylic acids is 1. The molecule has 5 heteroatoms. The van der Waals surface area contributed by atoms with E-state index in [1.54, 1.807) is 20.8 Å². The molecule has 5 nitrogen and oxygen atoms in total. The van der Waals surface area contributed by atoms with Crippen molar-refractivity contribution in [3.8, 4) is 0 Å². The highest BCUT2D eigenvalue weighted by Crippen LogP contribution is 2.02. The minimum Gasteiger partial charge on any atom is -0.481 e. The molecule has 1 N–H and O–H groups in total. The Morgan fingerprint density at radius 3 is 2.36 bits per heavy atom. The van der Waals surface area contributed by atoms with Crippen LogP contribution in [0.3, 0.4) is 0 Å². The monoisotopic (exact) mass is 203 g/mol. The second-order valence-electron chi connectivity index (χ2n) is 2.98. The van der Waals surface area contributed by atoms with Crippen LogP contribution < -0.4 is 0 Å². The smallest absolute Gasteiger partial charge is 0.409 e. The molecule has 0 aromatic rings. The topological polar surface area (TPSA) is 66.8 Å². The van der Waals surface area contributed by atoms with E-state index in [1.165, 1.54) is 4.90 Å². The van der Waals surface area contributed by atoms with E-state index in [2.05, 4.69) is 0 Å². The van der Waals surface area contributed by atoms with Gasteiger partial charge in [-0.25, -0.2) is 4.79 Å². The maximum Gasteiger partial charge on any atom is 0.409 e. The van der Waals surface area contributed by atoms with Gasteiger partial charge in [0.2, 0.25) is 0 Å². The molecule has 0 aromatic heterocycles. The van der Waals surface area contributed by atoms with Crippen LogP contribution in [-0.4, -0.2) is 41.8 Å². The van der Waals surface area contributed by atoms with E-state index in [1.807, 2.05) is 0 Å². The maximum absolute atomic E-state index is 11.2. The number of hydrogen-bond donors (Lipinski definition) is 1. The van der Waals surface area contributed by atoms with Gasteiger partial charge in [-0.3, -0.25) is 4.79 Å². The predicted molar refractivity (Wildman–Crippen MR) is 51.1 cm³/mol. The van der Waals surface area contributed by atoms with Crippen LogP contribution in [0.1, 0.15) is 20.8 Å². The number of carbonyl (C=O) groups is 2. The van der Waals surface area contributed by atoms with Crippen LogP contribution in [0.5, 0.6) is 0 Å². The Hall–Kier alpha value is -1.26. The summed E-state index contributed by atoms with van der Waals surface area (Å²) in [5, 5.41) is 8.66. The molecule has 14 heavy (non-hydrogen) atoms. The van der Waals surface area contributed by atoms with E-state index < -0.39 is 18.0 Å². The third-order valence-electron chi connectivity index (χ3n) is 1.82. The number of nitrogens with zero attached hydrogens (tertiary/aromatic N) is 1. The number of aliphatic carboxylic acids is 1. The highest BCUT2D eigenvalue weighted by atomic mass is 16.6. The Kier molecular flexibility index (Phi) is 5.67. The molecule has 0 saturated heterocycles. The van der Waals surface area contributed by atoms with Gasteiger partial charge < -0.3 is 14.7 Å². The first-order chi connectivity index (χ1) is 6.52. The van der Waals surface area contributed by atoms with Crippen LogP contribution in [0.2, 0.25) is 0 Å². The van der Waals surface area contributed by atoms with Gasteiger partial charge >= 0.3 is 12.1 Å². The molecule has 0 aliphatic carbocycles. The van der Waals surface area contributed by atoms with E-state index in [-0.39, 0.29) is 6.54 Å². The number of carboxylic acid groups (broad SMARTS) is 1. The van der Waals surface area contributed by atoms with Gasteiger partial charge in [-0.2, -0.15) is 0 Å². The quantitative estimate of drug-likeness (QED) is 0.728. The molecule has 0 spiro atoms. The minimum absolute atomic E-state index is 0.185. The van der Waals surface area contributed by atoms with Crippen molar-refractivity contribution in [2.45, 2.75) is 20.8 Å². The lowest BCUT2D eigenvalue weighted by Gasteiger charge is -2.21. The summed E-state index contributed by atoms with van der Waals surface area (Å²) >= 11 is 0. The second-order valence-corrected chi connectivity index (χ2v) is 2.98. The molecule has 0 aliphatic heterocycles. The maximum atomic E-state index is 11.2. The van der Waals surface area contributed by atoms with Crippen LogP contribution in [0.4, 0.5) is 4.79 Å². The van der Waals surface area contributed by atoms with Crippen molar-refractivity contribution in [2.75, 3.05) is 19.7 Å². The van der Waals surface area contributed by atoms with Crippen molar-refractivity contribution in [2.24, 2.45) is 5.92 Å². The number of ether oxygens (including phenoxy) is 1. The third kappa shape index (κ3) is 4.11. The third-order valence-corrected chi connectivity index (χ3v) is 1.82. The zero-order chi connectivity index (χ0) is 11.1. The summed E-state index contributed by atoms with van der Waals surface area (Å²) in [6.45, 7) is 6.00. The summed E-state index contributed by atoms with van der Waals surface area (Å²) in [4.78, 5) is 23.2. The first-order valence-electron chi connectivity index (χ1n) is 4.67. The van der Waals surface area contributed by atoms with Gasteiger partial charge in [-0.1, -0.05) is 6.92 Å². The minimum atomic E-state index is -0.909. The Morgan fingerprint density at radius 1 is 1.43 bits per heavy atom. The lowest BCUT2D eigenvalue weighted by atomic mass is 10.2. The van der Waals surface area contributed by atoms with Crippen molar-refractivity contribution in [1.29, 1.82) is 0 Å². The molecule has 0 aliphatic rings. The largest absolute Gasteiger partial charge is 0.481 e. The molecule has 1 atom stereocenters. The van der Waals surface area contributed by atoms with Crippen LogP contribution in [0.25, 0.3) is 0 Å². The average molecular weight is 203 g/mol. The first kappa shape index (κ1) is 12.7. The summed E-state index contributed by atoms with van der Waals surface area (Å²) in [6.07, 6.45) is -0.455. The van der Waals surface area contributed by atoms with E-state index in [9.17, 15) is 9.59 Å². The van der Waals surface area contributed by atoms with Gasteiger partial charge in [-0.05, 0) is 13.8 Å². The van der Waals surface area contributed by atoms with Crippen LogP contribution in [-0.2, 0) is 9.53 Å². The van der Waals surface area contributed by atoms with Crippen molar-refractivity contribution < 1.29 is 19.4 Å². The Morgan fingerprint density at radius 2 is 2.00 bits per heavy atom. The summed E-state index contributed by atoms with van der Waals surface area (Å²) < 4.78 is 4.77. The van der Waals surface area contributed by atoms with Gasteiger partial charge in [0.05, 0.1) is 12.5 Å².